The highest BCUT2D eigenvalue weighted by Crippen LogP contribution is 2.47. The quantitative estimate of drug-likeness (QED) is 0.198. The molecule has 0 radical (unpaired) electrons. The number of rotatable bonds is 13. The molecule has 0 aliphatic carbocycles. The molecule has 1 aliphatic heterocycles. The minimum atomic E-state index is -4.06. The number of carbonyl (C=O) groups is 1. The maximum atomic E-state index is 15.5. The monoisotopic (exact) mass is 588 g/mol. The lowest BCUT2D eigenvalue weighted by atomic mass is 9.97. The van der Waals surface area contributed by atoms with Gasteiger partial charge in [-0.1, -0.05) is 42.1 Å². The number of hydrogen-bond acceptors (Lipinski definition) is 11. The number of carbonyl (C=O) groups excluding carboxylic acids is 1. The van der Waals surface area contributed by atoms with Crippen LogP contribution in [0.15, 0.2) is 47.4 Å². The summed E-state index contributed by atoms with van der Waals surface area (Å²) < 4.78 is 46.6. The third kappa shape index (κ3) is 7.95. The van der Waals surface area contributed by atoms with E-state index in [9.17, 15) is 24.4 Å². The number of thioether (sulfide) groups is 1. The number of aromatic nitrogens is 2. The number of hydrogen-bond donors (Lipinski definition) is 4. The third-order valence-electron chi connectivity index (χ3n) is 6.08. The first-order chi connectivity index (χ1) is 18.3. The summed E-state index contributed by atoms with van der Waals surface area (Å²) in [5.74, 6) is 0.0701. The summed E-state index contributed by atoms with van der Waals surface area (Å²) in [4.78, 5) is 28.0. The highest BCUT2D eigenvalue weighted by Gasteiger charge is 2.55. The van der Waals surface area contributed by atoms with Crippen LogP contribution < -0.4 is 16.5 Å². The maximum absolute atomic E-state index is 15.5. The molecule has 1 saturated heterocycles. The van der Waals surface area contributed by atoms with Gasteiger partial charge in [0, 0.05) is 18.5 Å². The summed E-state index contributed by atoms with van der Waals surface area (Å²) in [5.41, 5.74) is 2.05. The number of ether oxygens (including phenoxy) is 1. The Labute approximate surface area is 229 Å². The summed E-state index contributed by atoms with van der Waals surface area (Å²) in [5, 5.41) is 22.4. The van der Waals surface area contributed by atoms with Gasteiger partial charge in [0.25, 0.3) is 0 Å². The molecule has 1 aromatic heterocycles. The van der Waals surface area contributed by atoms with E-state index in [1.165, 1.54) is 12.3 Å². The van der Waals surface area contributed by atoms with E-state index in [2.05, 4.69) is 10.1 Å². The summed E-state index contributed by atoms with van der Waals surface area (Å²) in [6.45, 7) is 3.36. The fraction of sp³-hybridized carbons (Fsp3) is 0.542. The van der Waals surface area contributed by atoms with E-state index in [1.54, 1.807) is 38.1 Å². The largest absolute Gasteiger partial charge is 0.405 e. The second kappa shape index (κ2) is 13.0. The fourth-order valence-corrected chi connectivity index (χ4v) is 5.83. The van der Waals surface area contributed by atoms with Gasteiger partial charge in [-0.05, 0) is 32.4 Å². The minimum absolute atomic E-state index is 0.0578. The molecule has 0 spiro atoms. The number of aliphatic hydroxyl groups excluding tert-OH is 2. The molecule has 0 saturated carbocycles. The molecule has 1 aliphatic rings. The zero-order chi connectivity index (χ0) is 28.8. The van der Waals surface area contributed by atoms with Gasteiger partial charge >= 0.3 is 13.4 Å². The van der Waals surface area contributed by atoms with Crippen molar-refractivity contribution in [1.29, 1.82) is 0 Å². The van der Waals surface area contributed by atoms with Gasteiger partial charge in [-0.25, -0.2) is 18.8 Å². The van der Waals surface area contributed by atoms with Crippen LogP contribution >= 0.6 is 19.5 Å². The Morgan fingerprint density at radius 1 is 1.33 bits per heavy atom. The highest BCUT2D eigenvalue weighted by molar-refractivity contribution is 8.13. The minimum Gasteiger partial charge on any atom is -0.395 e. The standard InChI is InChI=1S/C24H34FN4O8PS/c1-23(2,15-30)21(32)39-12-11-35-38(34,27-13-16-7-5-4-6-8-16)36-14-17-19(31)24(3,25)20(37-17)29-10-9-18(26)28-22(29)33/h4-10,17,19-20,30-31H,11-15H2,1-3H3,(H,27,34)(H2,26,28,33)/t17-,19?,20-,24?,38?/m1/s1. The van der Waals surface area contributed by atoms with Gasteiger partial charge < -0.3 is 20.7 Å². The van der Waals surface area contributed by atoms with E-state index in [0.29, 0.717) is 0 Å². The van der Waals surface area contributed by atoms with Gasteiger partial charge in [-0.2, -0.15) is 4.98 Å². The lowest BCUT2D eigenvalue weighted by Gasteiger charge is -2.25. The number of nitrogens with zero attached hydrogens (tertiary/aromatic N) is 2. The van der Waals surface area contributed by atoms with Crippen LogP contribution in [0.3, 0.4) is 0 Å². The highest BCUT2D eigenvalue weighted by atomic mass is 32.2. The van der Waals surface area contributed by atoms with Crippen LogP contribution in [0.5, 0.6) is 0 Å². The van der Waals surface area contributed by atoms with Crippen molar-refractivity contribution in [2.75, 3.05) is 31.3 Å². The van der Waals surface area contributed by atoms with E-state index in [0.717, 1.165) is 28.8 Å². The number of alkyl halides is 1. The summed E-state index contributed by atoms with van der Waals surface area (Å²) >= 11 is 0.917. The van der Waals surface area contributed by atoms with E-state index < -0.39 is 49.6 Å². The molecule has 216 valence electrons. The zero-order valence-electron chi connectivity index (χ0n) is 21.9. The van der Waals surface area contributed by atoms with Gasteiger partial charge in [-0.15, -0.1) is 0 Å². The van der Waals surface area contributed by atoms with E-state index in [-0.39, 0.29) is 36.4 Å². The van der Waals surface area contributed by atoms with E-state index in [1.807, 2.05) is 6.07 Å². The molecular weight excluding hydrogens is 554 g/mol. The molecule has 12 nitrogen and oxygen atoms in total. The number of aliphatic hydroxyl groups is 2. The Morgan fingerprint density at radius 2 is 2.03 bits per heavy atom. The molecule has 5 N–H and O–H groups in total. The molecule has 3 rings (SSSR count). The molecule has 15 heteroatoms. The van der Waals surface area contributed by atoms with Crippen molar-refractivity contribution in [3.8, 4) is 0 Å². The molecule has 1 fully saturated rings. The summed E-state index contributed by atoms with van der Waals surface area (Å²) in [6, 6.07) is 10.3. The number of anilines is 1. The Bertz CT molecular complexity index is 1230. The first-order valence-electron chi connectivity index (χ1n) is 12.1. The van der Waals surface area contributed by atoms with Crippen LogP contribution in [-0.2, 0) is 29.7 Å². The second-order valence-electron chi connectivity index (χ2n) is 9.79. The molecule has 3 unspecified atom stereocenters. The Balaban J connectivity index is 1.68. The van der Waals surface area contributed by atoms with Gasteiger partial charge in [-0.3, -0.25) is 18.4 Å². The van der Waals surface area contributed by atoms with Gasteiger partial charge in [0.05, 0.1) is 25.2 Å². The number of benzene rings is 1. The predicted octanol–water partition coefficient (Wildman–Crippen LogP) is 2.02. The number of halogens is 1. The topological polar surface area (TPSA) is 175 Å². The number of nitrogens with two attached hydrogens (primary N) is 1. The van der Waals surface area contributed by atoms with Crippen LogP contribution in [0.25, 0.3) is 0 Å². The van der Waals surface area contributed by atoms with Crippen molar-refractivity contribution < 1.29 is 37.7 Å². The number of nitrogens with one attached hydrogen (secondary N) is 1. The summed E-state index contributed by atoms with van der Waals surface area (Å²) in [7, 11) is -4.06. The SMILES string of the molecule is CC(C)(CO)C(=O)SCCOP(=O)(NCc1ccccc1)OC[C@H]1O[C@@H](n2ccc(N)nc2=O)C(C)(F)C1O. The van der Waals surface area contributed by atoms with Gasteiger partial charge in [0.1, 0.15) is 18.0 Å². The molecule has 5 atom stereocenters. The van der Waals surface area contributed by atoms with Crippen molar-refractivity contribution >= 4 is 30.4 Å². The van der Waals surface area contributed by atoms with E-state index in [4.69, 9.17) is 19.5 Å². The zero-order valence-corrected chi connectivity index (χ0v) is 23.6. The van der Waals surface area contributed by atoms with Crippen LogP contribution in [0.4, 0.5) is 10.2 Å². The maximum Gasteiger partial charge on any atom is 0.405 e. The molecule has 0 bridgehead atoms. The smallest absolute Gasteiger partial charge is 0.395 e. The first-order valence-corrected chi connectivity index (χ1v) is 14.7. The lowest BCUT2D eigenvalue weighted by Crippen LogP contribution is -2.43. The van der Waals surface area contributed by atoms with Gasteiger partial charge in [0.15, 0.2) is 17.0 Å². The normalized spacial score (nSPS) is 24.9. The Hall–Kier alpha value is -2.16. The average Bonchev–Trinajstić information content (AvgIpc) is 3.13. The van der Waals surface area contributed by atoms with Crippen LogP contribution in [0.2, 0.25) is 0 Å². The van der Waals surface area contributed by atoms with Crippen molar-refractivity contribution in [1.82, 2.24) is 14.6 Å². The molecule has 39 heavy (non-hydrogen) atoms. The Morgan fingerprint density at radius 3 is 2.67 bits per heavy atom. The molecule has 1 aromatic carbocycles. The average molecular weight is 589 g/mol. The van der Waals surface area contributed by atoms with Crippen molar-refractivity contribution in [2.24, 2.45) is 5.41 Å². The second-order valence-corrected chi connectivity index (χ2v) is 12.7. The molecule has 2 heterocycles. The third-order valence-corrected chi connectivity index (χ3v) is 8.82. The van der Waals surface area contributed by atoms with Crippen molar-refractivity contribution in [3.05, 3.63) is 58.6 Å². The first kappa shape index (κ1) is 31.4. The molecule has 0 amide bonds. The van der Waals surface area contributed by atoms with Crippen LogP contribution in [0.1, 0.15) is 32.6 Å². The van der Waals surface area contributed by atoms with Crippen molar-refractivity contribution in [3.63, 3.8) is 0 Å². The predicted molar refractivity (Wildman–Crippen MR) is 143 cm³/mol. The van der Waals surface area contributed by atoms with Crippen LogP contribution in [-0.4, -0.2) is 68.3 Å². The van der Waals surface area contributed by atoms with E-state index >= 15 is 4.39 Å². The Kier molecular flexibility index (Phi) is 10.5. The molecular formula is C24H34FN4O8PS. The van der Waals surface area contributed by atoms with Crippen LogP contribution in [0, 0.1) is 5.41 Å². The van der Waals surface area contributed by atoms with Crippen molar-refractivity contribution in [2.45, 2.75) is 51.4 Å². The lowest BCUT2D eigenvalue weighted by molar-refractivity contribution is -0.119. The summed E-state index contributed by atoms with van der Waals surface area (Å²) in [6.07, 6.45) is -3.40. The van der Waals surface area contributed by atoms with Gasteiger partial charge in [0.2, 0.25) is 0 Å². The fourth-order valence-electron chi connectivity index (χ4n) is 3.59. The molecule has 2 aromatic rings. The number of nitrogen functional groups attached to an aromatic ring is 1.